The lowest BCUT2D eigenvalue weighted by molar-refractivity contribution is 0.383. The Bertz CT molecular complexity index is 1080. The highest BCUT2D eigenvalue weighted by Crippen LogP contribution is 2.22. The van der Waals surface area contributed by atoms with Gasteiger partial charge in [-0.3, -0.25) is 0 Å². The molecule has 0 atom stereocenters. The third-order valence-electron chi connectivity index (χ3n) is 5.48. The Hall–Kier alpha value is -2.97. The van der Waals surface area contributed by atoms with E-state index in [0.717, 1.165) is 28.4 Å². The van der Waals surface area contributed by atoms with Crippen LogP contribution < -0.4 is 9.64 Å². The lowest BCUT2D eigenvalue weighted by atomic mass is 10.1. The SMILES string of the molecule is COc1ccc(-c2ccc(N3CCN(S(=O)(=O)CCc4ccccc4)CC3)nn2)cc1. The van der Waals surface area contributed by atoms with E-state index in [4.69, 9.17) is 4.74 Å². The largest absolute Gasteiger partial charge is 0.497 e. The summed E-state index contributed by atoms with van der Waals surface area (Å²) in [6.07, 6.45) is 0.529. The first-order valence-corrected chi connectivity index (χ1v) is 11.9. The van der Waals surface area contributed by atoms with Crippen LogP contribution >= 0.6 is 0 Å². The molecule has 7 nitrogen and oxygen atoms in total. The fourth-order valence-corrected chi connectivity index (χ4v) is 5.10. The summed E-state index contributed by atoms with van der Waals surface area (Å²) in [5, 5.41) is 8.71. The Labute approximate surface area is 183 Å². The second-order valence-electron chi connectivity index (χ2n) is 7.44. The van der Waals surface area contributed by atoms with Crippen LogP contribution in [0.25, 0.3) is 11.3 Å². The molecule has 0 bridgehead atoms. The van der Waals surface area contributed by atoms with Crippen molar-refractivity contribution in [1.82, 2.24) is 14.5 Å². The van der Waals surface area contributed by atoms with Gasteiger partial charge in [0.05, 0.1) is 18.6 Å². The molecule has 31 heavy (non-hydrogen) atoms. The molecule has 0 spiro atoms. The van der Waals surface area contributed by atoms with Gasteiger partial charge in [-0.1, -0.05) is 30.3 Å². The molecule has 0 saturated carbocycles. The molecule has 1 saturated heterocycles. The van der Waals surface area contributed by atoms with Gasteiger partial charge in [-0.2, -0.15) is 4.31 Å². The van der Waals surface area contributed by atoms with E-state index in [0.29, 0.717) is 32.6 Å². The first-order valence-electron chi connectivity index (χ1n) is 10.3. The molecule has 2 heterocycles. The van der Waals surface area contributed by atoms with Crippen LogP contribution in [0.15, 0.2) is 66.7 Å². The van der Waals surface area contributed by atoms with Crippen LogP contribution in [-0.2, 0) is 16.4 Å². The van der Waals surface area contributed by atoms with Crippen molar-refractivity contribution < 1.29 is 13.2 Å². The minimum Gasteiger partial charge on any atom is -0.497 e. The van der Waals surface area contributed by atoms with Crippen LogP contribution in [0, 0.1) is 0 Å². The predicted octanol–water partition coefficient (Wildman–Crippen LogP) is 2.85. The number of aryl methyl sites for hydroxylation is 1. The monoisotopic (exact) mass is 438 g/mol. The Morgan fingerprint density at radius 2 is 1.58 bits per heavy atom. The molecule has 4 rings (SSSR count). The minimum atomic E-state index is -3.28. The number of rotatable bonds is 7. The summed E-state index contributed by atoms with van der Waals surface area (Å²) in [6.45, 7) is 2.11. The molecule has 1 aliphatic rings. The average Bonchev–Trinajstić information content (AvgIpc) is 2.84. The Kier molecular flexibility index (Phi) is 6.48. The molecule has 1 fully saturated rings. The van der Waals surface area contributed by atoms with Crippen molar-refractivity contribution in [2.24, 2.45) is 0 Å². The highest BCUT2D eigenvalue weighted by molar-refractivity contribution is 7.89. The molecule has 0 N–H and O–H groups in total. The van der Waals surface area contributed by atoms with Crippen molar-refractivity contribution in [2.75, 3.05) is 43.9 Å². The summed E-state index contributed by atoms with van der Waals surface area (Å²) in [4.78, 5) is 2.08. The van der Waals surface area contributed by atoms with Gasteiger partial charge < -0.3 is 9.64 Å². The van der Waals surface area contributed by atoms with Crippen LogP contribution in [0.4, 0.5) is 5.82 Å². The zero-order valence-electron chi connectivity index (χ0n) is 17.5. The molecule has 2 aromatic carbocycles. The second-order valence-corrected chi connectivity index (χ2v) is 9.53. The van der Waals surface area contributed by atoms with Gasteiger partial charge in [0.25, 0.3) is 0 Å². The number of aromatic nitrogens is 2. The minimum absolute atomic E-state index is 0.132. The molecule has 0 aliphatic carbocycles. The third kappa shape index (κ3) is 5.21. The van der Waals surface area contributed by atoms with E-state index >= 15 is 0 Å². The van der Waals surface area contributed by atoms with Crippen LogP contribution in [0.2, 0.25) is 0 Å². The number of anilines is 1. The van der Waals surface area contributed by atoms with Crippen LogP contribution in [0.5, 0.6) is 5.75 Å². The standard InChI is InChI=1S/C23H26N4O3S/c1-30-21-9-7-20(8-10-21)22-11-12-23(25-24-22)26-14-16-27(17-15-26)31(28,29)18-13-19-5-3-2-4-6-19/h2-12H,13-18H2,1H3. The number of benzene rings is 2. The van der Waals surface area contributed by atoms with Crippen molar-refractivity contribution in [3.05, 3.63) is 72.3 Å². The maximum Gasteiger partial charge on any atom is 0.214 e. The molecule has 1 aromatic heterocycles. The molecule has 1 aliphatic heterocycles. The van der Waals surface area contributed by atoms with E-state index in [1.807, 2.05) is 66.7 Å². The number of methoxy groups -OCH3 is 1. The summed E-state index contributed by atoms with van der Waals surface area (Å²) in [7, 11) is -1.64. The first kappa shape index (κ1) is 21.3. The maximum absolute atomic E-state index is 12.7. The number of nitrogens with zero attached hydrogens (tertiary/aromatic N) is 4. The first-order chi connectivity index (χ1) is 15.0. The molecule has 0 amide bonds. The summed E-state index contributed by atoms with van der Waals surface area (Å²) < 4.78 is 32.2. The number of sulfonamides is 1. The van der Waals surface area contributed by atoms with Crippen molar-refractivity contribution in [3.8, 4) is 17.0 Å². The molecular formula is C23H26N4O3S. The van der Waals surface area contributed by atoms with Gasteiger partial charge in [0.15, 0.2) is 5.82 Å². The van der Waals surface area contributed by atoms with Gasteiger partial charge >= 0.3 is 0 Å². The predicted molar refractivity (Wildman–Crippen MR) is 122 cm³/mol. The van der Waals surface area contributed by atoms with Crippen molar-refractivity contribution >= 4 is 15.8 Å². The maximum atomic E-state index is 12.7. The highest BCUT2D eigenvalue weighted by Gasteiger charge is 2.27. The summed E-state index contributed by atoms with van der Waals surface area (Å²) in [5.41, 5.74) is 2.79. The van der Waals surface area contributed by atoms with Crippen LogP contribution in [0.3, 0.4) is 0 Å². The Morgan fingerprint density at radius 1 is 0.871 bits per heavy atom. The topological polar surface area (TPSA) is 75.6 Å². The summed E-state index contributed by atoms with van der Waals surface area (Å²) in [5.74, 6) is 1.69. The van der Waals surface area contributed by atoms with Crippen molar-refractivity contribution in [2.45, 2.75) is 6.42 Å². The average molecular weight is 439 g/mol. The molecule has 3 aromatic rings. The third-order valence-corrected chi connectivity index (χ3v) is 7.36. The number of hydrogen-bond acceptors (Lipinski definition) is 6. The quantitative estimate of drug-likeness (QED) is 0.565. The second kappa shape index (κ2) is 9.45. The van der Waals surface area contributed by atoms with Gasteiger partial charge in [-0.05, 0) is 48.4 Å². The summed E-state index contributed by atoms with van der Waals surface area (Å²) in [6, 6.07) is 21.3. The fourth-order valence-electron chi connectivity index (χ4n) is 3.63. The number of ether oxygens (including phenoxy) is 1. The Balaban J connectivity index is 1.33. The van der Waals surface area contributed by atoms with Crippen LogP contribution in [0.1, 0.15) is 5.56 Å². The number of hydrogen-bond donors (Lipinski definition) is 0. The lowest BCUT2D eigenvalue weighted by Gasteiger charge is -2.34. The summed E-state index contributed by atoms with van der Waals surface area (Å²) >= 11 is 0. The van der Waals surface area contributed by atoms with Gasteiger partial charge in [0.2, 0.25) is 10.0 Å². The van der Waals surface area contributed by atoms with E-state index in [1.165, 1.54) is 0 Å². The van der Waals surface area contributed by atoms with E-state index in [-0.39, 0.29) is 5.75 Å². The van der Waals surface area contributed by atoms with E-state index in [1.54, 1.807) is 11.4 Å². The lowest BCUT2D eigenvalue weighted by Crippen LogP contribution is -2.49. The van der Waals surface area contributed by atoms with E-state index < -0.39 is 10.0 Å². The van der Waals surface area contributed by atoms with Gasteiger partial charge in [-0.25, -0.2) is 8.42 Å². The van der Waals surface area contributed by atoms with Gasteiger partial charge in [0, 0.05) is 31.7 Å². The molecule has 0 unspecified atom stereocenters. The molecule has 8 heteroatoms. The van der Waals surface area contributed by atoms with E-state index in [2.05, 4.69) is 15.1 Å². The van der Waals surface area contributed by atoms with E-state index in [9.17, 15) is 8.42 Å². The van der Waals surface area contributed by atoms with Gasteiger partial charge in [0.1, 0.15) is 5.75 Å². The van der Waals surface area contributed by atoms with Gasteiger partial charge in [-0.15, -0.1) is 10.2 Å². The Morgan fingerprint density at radius 3 is 2.19 bits per heavy atom. The van der Waals surface area contributed by atoms with Crippen molar-refractivity contribution in [3.63, 3.8) is 0 Å². The van der Waals surface area contributed by atoms with Crippen LogP contribution in [-0.4, -0.2) is 62.0 Å². The smallest absolute Gasteiger partial charge is 0.214 e. The molecule has 0 radical (unpaired) electrons. The molecular weight excluding hydrogens is 412 g/mol. The number of piperazine rings is 1. The highest BCUT2D eigenvalue weighted by atomic mass is 32.2. The zero-order valence-corrected chi connectivity index (χ0v) is 18.3. The van der Waals surface area contributed by atoms with Crippen molar-refractivity contribution in [1.29, 1.82) is 0 Å². The zero-order chi connectivity index (χ0) is 21.7. The fraction of sp³-hybridized carbons (Fsp3) is 0.304. The normalized spacial score (nSPS) is 15.1. The molecule has 162 valence electrons.